The van der Waals surface area contributed by atoms with E-state index in [1.807, 2.05) is 0 Å². The fourth-order valence-corrected chi connectivity index (χ4v) is 2.67. The summed E-state index contributed by atoms with van der Waals surface area (Å²) in [6.45, 7) is 5.98. The van der Waals surface area contributed by atoms with Crippen LogP contribution in [0.4, 0.5) is 10.5 Å². The number of amides is 1. The molecule has 0 bridgehead atoms. The van der Waals surface area contributed by atoms with E-state index in [2.05, 4.69) is 0 Å². The number of rotatable bonds is 4. The number of piperidine rings is 1. The molecule has 0 radical (unpaired) electrons. The summed E-state index contributed by atoms with van der Waals surface area (Å²) in [7, 11) is 1.48. The molecule has 1 amide bonds. The van der Waals surface area contributed by atoms with Crippen LogP contribution in [0.2, 0.25) is 0 Å². The Kier molecular flexibility index (Phi) is 6.37. The first-order valence-electron chi connectivity index (χ1n) is 8.57. The molecule has 1 heterocycles. The predicted octanol–water partition coefficient (Wildman–Crippen LogP) is 2.78. The summed E-state index contributed by atoms with van der Waals surface area (Å²) in [6.07, 6.45) is -1.06. The number of carbonyl (C=O) groups excluding carboxylic acids is 2. The molecule has 0 aromatic heterocycles. The smallest absolute Gasteiger partial charge is 0.410 e. The molecule has 1 aliphatic rings. The maximum atomic E-state index is 12.3. The number of carbonyl (C=O) groups is 2. The van der Waals surface area contributed by atoms with Gasteiger partial charge in [-0.15, -0.1) is 0 Å². The zero-order valence-corrected chi connectivity index (χ0v) is 15.8. The second-order valence-electron chi connectivity index (χ2n) is 7.24. The van der Waals surface area contributed by atoms with Gasteiger partial charge in [-0.05, 0) is 32.9 Å². The summed E-state index contributed by atoms with van der Waals surface area (Å²) in [5, 5.41) is 10.7. The van der Waals surface area contributed by atoms with Crippen LogP contribution in [0.3, 0.4) is 0 Å². The number of hydrogen-bond acceptors (Lipinski definition) is 7. The van der Waals surface area contributed by atoms with Gasteiger partial charge in [0.1, 0.15) is 17.8 Å². The van der Waals surface area contributed by atoms with Crippen LogP contribution < -0.4 is 0 Å². The molecule has 9 heteroatoms. The van der Waals surface area contributed by atoms with E-state index in [0.717, 1.165) is 0 Å². The van der Waals surface area contributed by atoms with Crippen molar-refractivity contribution in [3.63, 3.8) is 0 Å². The maximum Gasteiger partial charge on any atom is 0.410 e. The minimum atomic E-state index is -0.598. The molecule has 0 unspecified atom stereocenters. The van der Waals surface area contributed by atoms with Gasteiger partial charge in [-0.3, -0.25) is 10.1 Å². The largest absolute Gasteiger partial charge is 0.456 e. The van der Waals surface area contributed by atoms with Crippen LogP contribution in [-0.2, 0) is 14.2 Å². The monoisotopic (exact) mass is 380 g/mol. The van der Waals surface area contributed by atoms with Crippen LogP contribution in [0.15, 0.2) is 24.3 Å². The molecule has 1 saturated heterocycles. The minimum absolute atomic E-state index is 0.105. The number of ether oxygens (including phenoxy) is 3. The van der Waals surface area contributed by atoms with Gasteiger partial charge in [0, 0.05) is 32.2 Å². The highest BCUT2D eigenvalue weighted by molar-refractivity contribution is 5.89. The third kappa shape index (κ3) is 5.65. The molecule has 1 aliphatic heterocycles. The number of esters is 1. The lowest BCUT2D eigenvalue weighted by Gasteiger charge is -2.37. The van der Waals surface area contributed by atoms with Gasteiger partial charge in [0.2, 0.25) is 0 Å². The molecule has 2 atom stereocenters. The van der Waals surface area contributed by atoms with Crippen molar-refractivity contribution >= 4 is 17.7 Å². The van der Waals surface area contributed by atoms with Crippen molar-refractivity contribution < 1.29 is 28.7 Å². The number of likely N-dealkylation sites (tertiary alicyclic amines) is 1. The first-order valence-corrected chi connectivity index (χ1v) is 8.57. The van der Waals surface area contributed by atoms with Gasteiger partial charge < -0.3 is 19.1 Å². The summed E-state index contributed by atoms with van der Waals surface area (Å²) in [4.78, 5) is 36.2. The molecule has 0 aliphatic carbocycles. The number of nitro benzene ring substituents is 1. The van der Waals surface area contributed by atoms with E-state index in [-0.39, 0.29) is 17.8 Å². The topological polar surface area (TPSA) is 108 Å². The average Bonchev–Trinajstić information content (AvgIpc) is 2.60. The summed E-state index contributed by atoms with van der Waals surface area (Å²) >= 11 is 0. The van der Waals surface area contributed by atoms with E-state index in [1.165, 1.54) is 36.3 Å². The Labute approximate surface area is 157 Å². The van der Waals surface area contributed by atoms with Crippen LogP contribution >= 0.6 is 0 Å². The summed E-state index contributed by atoms with van der Waals surface area (Å²) in [5.41, 5.74) is -0.490. The predicted molar refractivity (Wildman–Crippen MR) is 95.5 cm³/mol. The Morgan fingerprint density at radius 1 is 1.19 bits per heavy atom. The Morgan fingerprint density at radius 3 is 2.33 bits per heavy atom. The van der Waals surface area contributed by atoms with E-state index < -0.39 is 34.8 Å². The second-order valence-corrected chi connectivity index (χ2v) is 7.24. The highest BCUT2D eigenvalue weighted by atomic mass is 16.6. The van der Waals surface area contributed by atoms with Crippen LogP contribution in [0.25, 0.3) is 0 Å². The van der Waals surface area contributed by atoms with Crippen LogP contribution in [0, 0.1) is 10.1 Å². The van der Waals surface area contributed by atoms with Crippen molar-refractivity contribution in [2.24, 2.45) is 0 Å². The SMILES string of the molecule is CO[C@@H]1CN(C(=O)OC(C)(C)C)CC[C@H]1OC(=O)c1ccc([N+](=O)[O-])cc1. The van der Waals surface area contributed by atoms with Crippen molar-refractivity contribution in [1.29, 1.82) is 0 Å². The van der Waals surface area contributed by atoms with E-state index >= 15 is 0 Å². The van der Waals surface area contributed by atoms with E-state index in [0.29, 0.717) is 13.0 Å². The molecule has 2 rings (SSSR count). The van der Waals surface area contributed by atoms with Crippen molar-refractivity contribution in [3.8, 4) is 0 Å². The van der Waals surface area contributed by atoms with E-state index in [9.17, 15) is 19.7 Å². The lowest BCUT2D eigenvalue weighted by Crippen LogP contribution is -2.52. The highest BCUT2D eigenvalue weighted by Crippen LogP contribution is 2.21. The summed E-state index contributed by atoms with van der Waals surface area (Å²) < 4.78 is 16.2. The minimum Gasteiger partial charge on any atom is -0.456 e. The van der Waals surface area contributed by atoms with Crippen LogP contribution in [0.5, 0.6) is 0 Å². The third-order valence-corrected chi connectivity index (χ3v) is 4.03. The fraction of sp³-hybridized carbons (Fsp3) is 0.556. The van der Waals surface area contributed by atoms with E-state index in [1.54, 1.807) is 20.8 Å². The number of nitrogens with zero attached hydrogens (tertiary/aromatic N) is 2. The normalized spacial score (nSPS) is 20.1. The number of methoxy groups -OCH3 is 1. The molecule has 0 spiro atoms. The number of nitro groups is 1. The van der Waals surface area contributed by atoms with Gasteiger partial charge in [-0.2, -0.15) is 0 Å². The van der Waals surface area contributed by atoms with E-state index in [4.69, 9.17) is 14.2 Å². The van der Waals surface area contributed by atoms with Gasteiger partial charge in [-0.1, -0.05) is 0 Å². The standard InChI is InChI=1S/C18H24N2O7/c1-18(2,3)27-17(22)19-10-9-14(15(11-19)25-4)26-16(21)12-5-7-13(8-6-12)20(23)24/h5-8,14-15H,9-11H2,1-4H3/t14-,15-/m1/s1. The van der Waals surface area contributed by atoms with Gasteiger partial charge in [0.05, 0.1) is 17.0 Å². The first kappa shape index (κ1) is 20.6. The van der Waals surface area contributed by atoms with Gasteiger partial charge in [0.15, 0.2) is 0 Å². The Bertz CT molecular complexity index is 697. The molecular formula is C18H24N2O7. The number of benzene rings is 1. The number of hydrogen-bond donors (Lipinski definition) is 0. The van der Waals surface area contributed by atoms with Crippen LogP contribution in [-0.4, -0.2) is 59.9 Å². The zero-order chi connectivity index (χ0) is 20.2. The molecule has 0 saturated carbocycles. The molecule has 9 nitrogen and oxygen atoms in total. The molecule has 1 aromatic rings. The molecular weight excluding hydrogens is 356 g/mol. The number of non-ortho nitro benzene ring substituents is 1. The van der Waals surface area contributed by atoms with Crippen molar-refractivity contribution in [2.75, 3.05) is 20.2 Å². The summed E-state index contributed by atoms with van der Waals surface area (Å²) in [6, 6.07) is 5.18. The van der Waals surface area contributed by atoms with Gasteiger partial charge >= 0.3 is 12.1 Å². The van der Waals surface area contributed by atoms with Crippen molar-refractivity contribution in [2.45, 2.75) is 45.0 Å². The van der Waals surface area contributed by atoms with Gasteiger partial charge in [0.25, 0.3) is 5.69 Å². The second kappa shape index (κ2) is 8.34. The quantitative estimate of drug-likeness (QED) is 0.449. The first-order chi connectivity index (χ1) is 12.6. The fourth-order valence-electron chi connectivity index (χ4n) is 2.67. The lowest BCUT2D eigenvalue weighted by molar-refractivity contribution is -0.384. The summed E-state index contributed by atoms with van der Waals surface area (Å²) in [5.74, 6) is -0.595. The molecule has 27 heavy (non-hydrogen) atoms. The molecule has 1 fully saturated rings. The molecule has 0 N–H and O–H groups in total. The third-order valence-electron chi connectivity index (χ3n) is 4.03. The van der Waals surface area contributed by atoms with Gasteiger partial charge in [-0.25, -0.2) is 9.59 Å². The van der Waals surface area contributed by atoms with Crippen LogP contribution in [0.1, 0.15) is 37.6 Å². The zero-order valence-electron chi connectivity index (χ0n) is 15.8. The van der Waals surface area contributed by atoms with Crippen molar-refractivity contribution in [3.05, 3.63) is 39.9 Å². The highest BCUT2D eigenvalue weighted by Gasteiger charge is 2.36. The lowest BCUT2D eigenvalue weighted by atomic mass is 10.0. The Balaban J connectivity index is 1.98. The average molecular weight is 380 g/mol. The Morgan fingerprint density at radius 2 is 1.81 bits per heavy atom. The molecule has 1 aromatic carbocycles. The van der Waals surface area contributed by atoms with Crippen molar-refractivity contribution in [1.82, 2.24) is 4.90 Å². The maximum absolute atomic E-state index is 12.3. The molecule has 148 valence electrons. The Hall–Kier alpha value is -2.68.